The van der Waals surface area contributed by atoms with Gasteiger partial charge in [0.1, 0.15) is 0 Å². The number of benzene rings is 1. The van der Waals surface area contributed by atoms with Crippen LogP contribution in [0.15, 0.2) is 29.2 Å². The smallest absolute Gasteiger partial charge is 0.251 e. The molecule has 0 aliphatic carbocycles. The van der Waals surface area contributed by atoms with E-state index in [-0.39, 0.29) is 16.7 Å². The molecule has 1 heterocycles. The number of hydrogen-bond acceptors (Lipinski definition) is 4. The predicted octanol–water partition coefficient (Wildman–Crippen LogP) is 1.51. The van der Waals surface area contributed by atoms with Crippen molar-refractivity contribution in [2.45, 2.75) is 43.9 Å². The number of amides is 2. The van der Waals surface area contributed by atoms with Gasteiger partial charge in [-0.05, 0) is 49.9 Å². The fourth-order valence-electron chi connectivity index (χ4n) is 2.85. The Morgan fingerprint density at radius 3 is 2.12 bits per heavy atom. The summed E-state index contributed by atoms with van der Waals surface area (Å²) < 4.78 is 26.7. The molecule has 2 amide bonds. The van der Waals surface area contributed by atoms with Gasteiger partial charge < -0.3 is 10.6 Å². The molecule has 1 aromatic rings. The second-order valence-corrected chi connectivity index (χ2v) is 8.37. The van der Waals surface area contributed by atoms with E-state index in [0.29, 0.717) is 31.7 Å². The van der Waals surface area contributed by atoms with Crippen molar-refractivity contribution in [3.63, 3.8) is 0 Å². The number of hydrogen-bond donors (Lipinski definition) is 2. The molecule has 2 N–H and O–H groups in total. The Morgan fingerprint density at radius 2 is 1.54 bits per heavy atom. The van der Waals surface area contributed by atoms with E-state index in [4.69, 9.17) is 0 Å². The van der Waals surface area contributed by atoms with Crippen LogP contribution in [0.25, 0.3) is 0 Å². The molecule has 0 aromatic heterocycles. The van der Waals surface area contributed by atoms with E-state index in [1.54, 1.807) is 12.1 Å². The molecule has 0 unspecified atom stereocenters. The maximum Gasteiger partial charge on any atom is 0.251 e. The summed E-state index contributed by atoms with van der Waals surface area (Å²) in [4.78, 5) is 23.1. The van der Waals surface area contributed by atoms with Crippen molar-refractivity contribution < 1.29 is 18.0 Å². The van der Waals surface area contributed by atoms with Crippen LogP contribution in [0.5, 0.6) is 0 Å². The van der Waals surface area contributed by atoms with Crippen LogP contribution < -0.4 is 10.6 Å². The van der Waals surface area contributed by atoms with Gasteiger partial charge in [-0.3, -0.25) is 9.59 Å². The van der Waals surface area contributed by atoms with E-state index < -0.39 is 10.0 Å². The van der Waals surface area contributed by atoms with Crippen LogP contribution >= 0.6 is 0 Å². The molecule has 0 radical (unpaired) electrons. The molecule has 2 rings (SSSR count). The van der Waals surface area contributed by atoms with Gasteiger partial charge >= 0.3 is 0 Å². The first-order valence-electron chi connectivity index (χ1n) is 9.04. The summed E-state index contributed by atoms with van der Waals surface area (Å²) in [6.07, 6.45) is 4.39. The quantitative estimate of drug-likeness (QED) is 0.667. The van der Waals surface area contributed by atoms with Crippen LogP contribution in [0.3, 0.4) is 0 Å². The van der Waals surface area contributed by atoms with Gasteiger partial charge in [0, 0.05) is 38.7 Å². The monoisotopic (exact) mass is 381 g/mol. The minimum Gasteiger partial charge on any atom is -0.356 e. The highest BCUT2D eigenvalue weighted by Crippen LogP contribution is 2.20. The second kappa shape index (κ2) is 9.68. The molecule has 7 nitrogen and oxygen atoms in total. The second-order valence-electron chi connectivity index (χ2n) is 6.44. The summed E-state index contributed by atoms with van der Waals surface area (Å²) in [5, 5.41) is 5.50. The number of sulfonamides is 1. The fraction of sp³-hybridized carbons (Fsp3) is 0.556. The van der Waals surface area contributed by atoms with Crippen molar-refractivity contribution in [1.82, 2.24) is 14.9 Å². The van der Waals surface area contributed by atoms with E-state index in [0.717, 1.165) is 32.1 Å². The number of rotatable bonds is 8. The van der Waals surface area contributed by atoms with E-state index in [1.165, 1.54) is 23.4 Å². The summed E-state index contributed by atoms with van der Waals surface area (Å²) in [5.41, 5.74) is 0.435. The van der Waals surface area contributed by atoms with Crippen molar-refractivity contribution in [3.05, 3.63) is 29.8 Å². The average molecular weight is 381 g/mol. The van der Waals surface area contributed by atoms with Gasteiger partial charge in [-0.15, -0.1) is 0 Å². The molecule has 8 heteroatoms. The zero-order valence-electron chi connectivity index (χ0n) is 15.2. The Morgan fingerprint density at radius 1 is 0.962 bits per heavy atom. The lowest BCUT2D eigenvalue weighted by atomic mass is 10.2. The van der Waals surface area contributed by atoms with Crippen LogP contribution in [-0.4, -0.2) is 50.7 Å². The van der Waals surface area contributed by atoms with E-state index in [9.17, 15) is 18.0 Å². The summed E-state index contributed by atoms with van der Waals surface area (Å²) >= 11 is 0. The molecule has 1 aromatic carbocycles. The Balaban J connectivity index is 1.84. The van der Waals surface area contributed by atoms with Crippen LogP contribution in [0.1, 0.15) is 49.4 Å². The van der Waals surface area contributed by atoms with Gasteiger partial charge in [0.25, 0.3) is 5.91 Å². The van der Waals surface area contributed by atoms with Crippen molar-refractivity contribution in [2.75, 3.05) is 26.2 Å². The first-order valence-corrected chi connectivity index (χ1v) is 10.5. The SMILES string of the molecule is CC(=O)NCCCCNC(=O)c1ccc(S(=O)(=O)N2CCCCC2)cc1. The van der Waals surface area contributed by atoms with Crippen molar-refractivity contribution in [1.29, 1.82) is 0 Å². The first kappa shape index (κ1) is 20.4. The Bertz CT molecular complexity index is 710. The normalized spacial score (nSPS) is 15.4. The molecule has 0 saturated carbocycles. The summed E-state index contributed by atoms with van der Waals surface area (Å²) in [5.74, 6) is -0.292. The summed E-state index contributed by atoms with van der Waals surface area (Å²) in [7, 11) is -3.47. The lowest BCUT2D eigenvalue weighted by Crippen LogP contribution is -2.35. The molecular formula is C18H27N3O4S. The summed E-state index contributed by atoms with van der Waals surface area (Å²) in [6.45, 7) is 3.68. The maximum absolute atomic E-state index is 12.6. The molecule has 1 aliphatic heterocycles. The Labute approximate surface area is 155 Å². The molecule has 26 heavy (non-hydrogen) atoms. The molecule has 144 valence electrons. The predicted molar refractivity (Wildman–Crippen MR) is 99.3 cm³/mol. The van der Waals surface area contributed by atoms with E-state index in [2.05, 4.69) is 10.6 Å². The average Bonchev–Trinajstić information content (AvgIpc) is 2.65. The number of carbonyl (C=O) groups is 2. The minimum atomic E-state index is -3.47. The number of unbranched alkanes of at least 4 members (excludes halogenated alkanes) is 1. The van der Waals surface area contributed by atoms with Crippen LogP contribution in [-0.2, 0) is 14.8 Å². The molecule has 1 saturated heterocycles. The molecule has 0 spiro atoms. The molecule has 1 fully saturated rings. The standard InChI is InChI=1S/C18H27N3O4S/c1-15(22)19-11-3-4-12-20-18(23)16-7-9-17(10-8-16)26(24,25)21-13-5-2-6-14-21/h7-10H,2-6,11-14H2,1H3,(H,19,22)(H,20,23). The van der Waals surface area contributed by atoms with Gasteiger partial charge in [-0.25, -0.2) is 8.42 Å². The Kier molecular flexibility index (Phi) is 7.59. The van der Waals surface area contributed by atoms with Crippen molar-refractivity contribution in [3.8, 4) is 0 Å². The third kappa shape index (κ3) is 5.81. The third-order valence-corrected chi connectivity index (χ3v) is 6.25. The van der Waals surface area contributed by atoms with E-state index >= 15 is 0 Å². The lowest BCUT2D eigenvalue weighted by Gasteiger charge is -2.25. The lowest BCUT2D eigenvalue weighted by molar-refractivity contribution is -0.118. The molecule has 0 atom stereocenters. The third-order valence-electron chi connectivity index (χ3n) is 4.33. The highest BCUT2D eigenvalue weighted by atomic mass is 32.2. The molecule has 0 bridgehead atoms. The molecular weight excluding hydrogens is 354 g/mol. The molecule has 1 aliphatic rings. The van der Waals surface area contributed by atoms with Gasteiger partial charge in [-0.1, -0.05) is 6.42 Å². The highest BCUT2D eigenvalue weighted by molar-refractivity contribution is 7.89. The minimum absolute atomic E-state index is 0.0615. The van der Waals surface area contributed by atoms with Crippen molar-refractivity contribution >= 4 is 21.8 Å². The number of nitrogens with one attached hydrogen (secondary N) is 2. The fourth-order valence-corrected chi connectivity index (χ4v) is 4.37. The van der Waals surface area contributed by atoms with Gasteiger partial charge in [-0.2, -0.15) is 4.31 Å². The van der Waals surface area contributed by atoms with Crippen LogP contribution in [0.2, 0.25) is 0 Å². The number of carbonyl (C=O) groups excluding carboxylic acids is 2. The van der Waals surface area contributed by atoms with Gasteiger partial charge in [0.2, 0.25) is 15.9 Å². The zero-order chi connectivity index (χ0) is 19.0. The number of piperidine rings is 1. The first-order chi connectivity index (χ1) is 12.4. The van der Waals surface area contributed by atoms with Crippen LogP contribution in [0.4, 0.5) is 0 Å². The van der Waals surface area contributed by atoms with Gasteiger partial charge in [0.05, 0.1) is 4.90 Å². The summed E-state index contributed by atoms with van der Waals surface area (Å²) in [6, 6.07) is 6.08. The zero-order valence-corrected chi connectivity index (χ0v) is 16.0. The largest absolute Gasteiger partial charge is 0.356 e. The highest BCUT2D eigenvalue weighted by Gasteiger charge is 2.25. The Hall–Kier alpha value is -1.93. The number of nitrogens with zero attached hydrogens (tertiary/aromatic N) is 1. The maximum atomic E-state index is 12.6. The topological polar surface area (TPSA) is 95.6 Å². The van der Waals surface area contributed by atoms with Crippen molar-refractivity contribution in [2.24, 2.45) is 0 Å². The van der Waals surface area contributed by atoms with Crippen LogP contribution in [0, 0.1) is 0 Å². The van der Waals surface area contributed by atoms with Gasteiger partial charge in [0.15, 0.2) is 0 Å². The van der Waals surface area contributed by atoms with E-state index in [1.807, 2.05) is 0 Å².